The summed E-state index contributed by atoms with van der Waals surface area (Å²) in [6.07, 6.45) is 10.8. The molecule has 0 N–H and O–H groups in total. The number of carbonyl (C=O) groups excluding carboxylic acids is 1. The second kappa shape index (κ2) is 6.54. The van der Waals surface area contributed by atoms with Crippen molar-refractivity contribution >= 4 is 5.78 Å². The summed E-state index contributed by atoms with van der Waals surface area (Å²) >= 11 is 0. The highest BCUT2D eigenvalue weighted by molar-refractivity contribution is 5.83. The van der Waals surface area contributed by atoms with Crippen LogP contribution in [0, 0.1) is 17.8 Å². The molecule has 1 aromatic heterocycles. The van der Waals surface area contributed by atoms with Crippen LogP contribution in [0.2, 0.25) is 0 Å². The molecule has 0 radical (unpaired) electrons. The maximum Gasteiger partial charge on any atom is 0.216 e. The highest BCUT2D eigenvalue weighted by Crippen LogP contribution is 2.43. The predicted molar refractivity (Wildman–Crippen MR) is 80.1 cm³/mol. The predicted octanol–water partition coefficient (Wildman–Crippen LogP) is 3.20. The second-order valence-corrected chi connectivity index (χ2v) is 6.51. The first kappa shape index (κ1) is 14.5. The van der Waals surface area contributed by atoms with E-state index < -0.39 is 0 Å². The molecule has 2 fully saturated rings. The highest BCUT2D eigenvalue weighted by Gasteiger charge is 2.34. The van der Waals surface area contributed by atoms with Gasteiger partial charge in [0.1, 0.15) is 12.1 Å². The van der Waals surface area contributed by atoms with Crippen molar-refractivity contribution in [2.75, 3.05) is 7.11 Å². The van der Waals surface area contributed by atoms with Crippen molar-refractivity contribution in [1.82, 2.24) is 9.97 Å². The summed E-state index contributed by atoms with van der Waals surface area (Å²) in [5.41, 5.74) is 0.776. The fourth-order valence-corrected chi connectivity index (χ4v) is 4.07. The van der Waals surface area contributed by atoms with Crippen LogP contribution in [0.4, 0.5) is 0 Å². The molecule has 0 saturated heterocycles. The Bertz CT molecular complexity index is 503. The van der Waals surface area contributed by atoms with Gasteiger partial charge in [-0.2, -0.15) is 0 Å². The van der Waals surface area contributed by atoms with Gasteiger partial charge in [-0.25, -0.2) is 9.97 Å². The van der Waals surface area contributed by atoms with Crippen LogP contribution in [-0.4, -0.2) is 22.9 Å². The quantitative estimate of drug-likeness (QED) is 0.853. The van der Waals surface area contributed by atoms with E-state index in [1.165, 1.54) is 38.4 Å². The Hall–Kier alpha value is -1.45. The lowest BCUT2D eigenvalue weighted by molar-refractivity contribution is -0.124. The first-order chi connectivity index (χ1) is 10.3. The van der Waals surface area contributed by atoms with E-state index in [4.69, 9.17) is 4.74 Å². The van der Waals surface area contributed by atoms with Gasteiger partial charge >= 0.3 is 0 Å². The lowest BCUT2D eigenvalue weighted by Crippen LogP contribution is -2.32. The van der Waals surface area contributed by atoms with E-state index >= 15 is 0 Å². The standard InChI is InChI=1S/C17H24N2O2/c1-21-17-10-15(18-11-19-17)9-16(20)14-7-6-12-4-2-3-5-13(12)8-14/h10-14H,2-9H2,1H3. The van der Waals surface area contributed by atoms with Gasteiger partial charge in [0.25, 0.3) is 0 Å². The van der Waals surface area contributed by atoms with E-state index in [2.05, 4.69) is 9.97 Å². The number of Topliss-reactive ketones (excluding diaryl/α,β-unsaturated/α-hetero) is 1. The molecule has 0 aromatic carbocycles. The van der Waals surface area contributed by atoms with Crippen molar-refractivity contribution in [3.63, 3.8) is 0 Å². The van der Waals surface area contributed by atoms with Gasteiger partial charge < -0.3 is 4.74 Å². The molecule has 114 valence electrons. The number of methoxy groups -OCH3 is 1. The number of ether oxygens (including phenoxy) is 1. The first-order valence-electron chi connectivity index (χ1n) is 8.14. The summed E-state index contributed by atoms with van der Waals surface area (Å²) in [6, 6.07) is 1.77. The number of hydrogen-bond donors (Lipinski definition) is 0. The number of rotatable bonds is 4. The fourth-order valence-electron chi connectivity index (χ4n) is 4.07. The van der Waals surface area contributed by atoms with Gasteiger partial charge in [-0.05, 0) is 31.1 Å². The van der Waals surface area contributed by atoms with Crippen molar-refractivity contribution in [3.05, 3.63) is 18.1 Å². The molecule has 2 aliphatic rings. The molecule has 3 unspecified atom stereocenters. The zero-order valence-electron chi connectivity index (χ0n) is 12.8. The summed E-state index contributed by atoms with van der Waals surface area (Å²) in [6.45, 7) is 0. The van der Waals surface area contributed by atoms with Gasteiger partial charge in [0.15, 0.2) is 0 Å². The van der Waals surface area contributed by atoms with Crippen molar-refractivity contribution in [3.8, 4) is 5.88 Å². The molecule has 4 heteroatoms. The van der Waals surface area contributed by atoms with Crippen molar-refractivity contribution in [1.29, 1.82) is 0 Å². The molecule has 2 saturated carbocycles. The van der Waals surface area contributed by atoms with Gasteiger partial charge in [0, 0.05) is 18.4 Å². The van der Waals surface area contributed by atoms with Crippen LogP contribution in [0.3, 0.4) is 0 Å². The van der Waals surface area contributed by atoms with E-state index in [9.17, 15) is 4.79 Å². The van der Waals surface area contributed by atoms with Crippen molar-refractivity contribution in [2.45, 2.75) is 51.4 Å². The summed E-state index contributed by atoms with van der Waals surface area (Å²) in [5, 5.41) is 0. The molecular formula is C17H24N2O2. The maximum absolute atomic E-state index is 12.5. The number of nitrogens with zero attached hydrogens (tertiary/aromatic N) is 2. The minimum absolute atomic E-state index is 0.241. The number of hydrogen-bond acceptors (Lipinski definition) is 4. The van der Waals surface area contributed by atoms with Gasteiger partial charge in [-0.3, -0.25) is 4.79 Å². The van der Waals surface area contributed by atoms with Gasteiger partial charge in [-0.1, -0.05) is 25.7 Å². The van der Waals surface area contributed by atoms with E-state index in [0.29, 0.717) is 18.1 Å². The molecular weight excluding hydrogens is 264 g/mol. The summed E-state index contributed by atoms with van der Waals surface area (Å²) in [4.78, 5) is 20.7. The second-order valence-electron chi connectivity index (χ2n) is 6.51. The molecule has 21 heavy (non-hydrogen) atoms. The van der Waals surface area contributed by atoms with Gasteiger partial charge in [-0.15, -0.1) is 0 Å². The third-order valence-corrected chi connectivity index (χ3v) is 5.26. The molecule has 3 atom stereocenters. The summed E-state index contributed by atoms with van der Waals surface area (Å²) in [5.74, 6) is 2.80. The molecule has 0 bridgehead atoms. The number of ketones is 1. The van der Waals surface area contributed by atoms with Crippen molar-refractivity contribution in [2.24, 2.45) is 17.8 Å². The molecule has 0 spiro atoms. The minimum atomic E-state index is 0.241. The Morgan fingerprint density at radius 2 is 2.00 bits per heavy atom. The Labute approximate surface area is 126 Å². The third-order valence-electron chi connectivity index (χ3n) is 5.26. The SMILES string of the molecule is COc1cc(CC(=O)C2CCC3CCCCC3C2)ncn1. The molecule has 4 nitrogen and oxygen atoms in total. The summed E-state index contributed by atoms with van der Waals surface area (Å²) in [7, 11) is 1.58. The number of carbonyl (C=O) groups is 1. The number of aromatic nitrogens is 2. The summed E-state index contributed by atoms with van der Waals surface area (Å²) < 4.78 is 5.09. The molecule has 1 aromatic rings. The average Bonchev–Trinajstić information content (AvgIpc) is 2.54. The van der Waals surface area contributed by atoms with Crippen LogP contribution in [0.1, 0.15) is 50.6 Å². The lowest BCUT2D eigenvalue weighted by Gasteiger charge is -2.38. The Balaban J connectivity index is 1.60. The zero-order valence-corrected chi connectivity index (χ0v) is 12.8. The van der Waals surface area contributed by atoms with E-state index in [0.717, 1.165) is 30.4 Å². The minimum Gasteiger partial charge on any atom is -0.481 e. The van der Waals surface area contributed by atoms with Crippen LogP contribution >= 0.6 is 0 Å². The molecule has 3 rings (SSSR count). The Kier molecular flexibility index (Phi) is 4.51. The Morgan fingerprint density at radius 1 is 1.19 bits per heavy atom. The lowest BCUT2D eigenvalue weighted by atomic mass is 9.66. The zero-order chi connectivity index (χ0) is 14.7. The fraction of sp³-hybridized carbons (Fsp3) is 0.706. The van der Waals surface area contributed by atoms with Crippen LogP contribution < -0.4 is 4.74 Å². The molecule has 1 heterocycles. The molecule has 0 aliphatic heterocycles. The first-order valence-corrected chi connectivity index (χ1v) is 8.14. The molecule has 0 amide bonds. The highest BCUT2D eigenvalue weighted by atomic mass is 16.5. The van der Waals surface area contributed by atoms with Gasteiger partial charge in [0.05, 0.1) is 12.8 Å². The Morgan fingerprint density at radius 3 is 2.81 bits per heavy atom. The van der Waals surface area contributed by atoms with Crippen molar-refractivity contribution < 1.29 is 9.53 Å². The smallest absolute Gasteiger partial charge is 0.216 e. The van der Waals surface area contributed by atoms with Crippen LogP contribution in [0.5, 0.6) is 5.88 Å². The maximum atomic E-state index is 12.5. The molecule has 2 aliphatic carbocycles. The normalized spacial score (nSPS) is 28.7. The van der Waals surface area contributed by atoms with Crippen LogP contribution in [0.15, 0.2) is 12.4 Å². The van der Waals surface area contributed by atoms with Crippen LogP contribution in [-0.2, 0) is 11.2 Å². The average molecular weight is 288 g/mol. The number of fused-ring (bicyclic) bond motifs is 1. The van der Waals surface area contributed by atoms with E-state index in [1.54, 1.807) is 13.2 Å². The van der Waals surface area contributed by atoms with E-state index in [-0.39, 0.29) is 5.92 Å². The largest absolute Gasteiger partial charge is 0.481 e. The van der Waals surface area contributed by atoms with E-state index in [1.807, 2.05) is 0 Å². The van der Waals surface area contributed by atoms with Crippen LogP contribution in [0.25, 0.3) is 0 Å². The topological polar surface area (TPSA) is 52.1 Å². The third kappa shape index (κ3) is 3.42. The monoisotopic (exact) mass is 288 g/mol. The van der Waals surface area contributed by atoms with Gasteiger partial charge in [0.2, 0.25) is 5.88 Å².